The second kappa shape index (κ2) is 13.3. The minimum atomic E-state index is -1.51. The van der Waals surface area contributed by atoms with Gasteiger partial charge >= 0.3 is 0 Å². The number of pyridine rings is 1. The van der Waals surface area contributed by atoms with Crippen LogP contribution in [0.1, 0.15) is 25.2 Å². The van der Waals surface area contributed by atoms with Crippen molar-refractivity contribution in [2.75, 3.05) is 31.8 Å². The predicted molar refractivity (Wildman–Crippen MR) is 143 cm³/mol. The average Bonchev–Trinajstić information content (AvgIpc) is 3.36. The highest BCUT2D eigenvalue weighted by Crippen LogP contribution is 2.37. The zero-order valence-electron chi connectivity index (χ0n) is 21.8. The SMILES string of the molecule is CC.COc1cccc(-c2nnc(NS(=O)CCc3ncc(C)cn3)n2-c2c(OC)cccc2OC)n1. The Kier molecular flexibility index (Phi) is 9.90. The number of aryl methyl sites for hydroxylation is 2. The first-order valence-electron chi connectivity index (χ1n) is 11.6. The fourth-order valence-corrected chi connectivity index (χ4v) is 4.12. The van der Waals surface area contributed by atoms with Crippen molar-refractivity contribution in [1.29, 1.82) is 0 Å². The summed E-state index contributed by atoms with van der Waals surface area (Å²) < 4.78 is 34.0. The summed E-state index contributed by atoms with van der Waals surface area (Å²) in [5.74, 6) is 2.93. The Balaban J connectivity index is 0.00000186. The molecule has 0 bridgehead atoms. The number of hydrogen-bond acceptors (Lipinski definition) is 9. The highest BCUT2D eigenvalue weighted by atomic mass is 32.2. The van der Waals surface area contributed by atoms with Crippen molar-refractivity contribution in [3.63, 3.8) is 0 Å². The van der Waals surface area contributed by atoms with Crippen molar-refractivity contribution in [3.8, 4) is 34.6 Å². The summed E-state index contributed by atoms with van der Waals surface area (Å²) in [5.41, 5.74) is 1.99. The minimum Gasteiger partial charge on any atom is -0.494 e. The summed E-state index contributed by atoms with van der Waals surface area (Å²) in [6.07, 6.45) is 3.89. The second-order valence-corrected chi connectivity index (χ2v) is 8.64. The lowest BCUT2D eigenvalue weighted by Gasteiger charge is -2.17. The fourth-order valence-electron chi connectivity index (χ4n) is 3.32. The lowest BCUT2D eigenvalue weighted by molar-refractivity contribution is 0.391. The molecule has 0 fully saturated rings. The number of anilines is 1. The summed E-state index contributed by atoms with van der Waals surface area (Å²) in [7, 11) is 3.14. The van der Waals surface area contributed by atoms with Crippen LogP contribution in [0.4, 0.5) is 5.95 Å². The van der Waals surface area contributed by atoms with Gasteiger partial charge in [0.25, 0.3) is 0 Å². The molecule has 37 heavy (non-hydrogen) atoms. The molecule has 12 heteroatoms. The van der Waals surface area contributed by atoms with Crippen LogP contribution in [0.25, 0.3) is 17.2 Å². The van der Waals surface area contributed by atoms with Gasteiger partial charge in [0, 0.05) is 24.9 Å². The Morgan fingerprint density at radius 2 is 1.57 bits per heavy atom. The number of methoxy groups -OCH3 is 3. The van der Waals surface area contributed by atoms with E-state index in [9.17, 15) is 4.21 Å². The van der Waals surface area contributed by atoms with Crippen LogP contribution in [0.15, 0.2) is 48.8 Å². The minimum absolute atomic E-state index is 0.232. The predicted octanol–water partition coefficient (Wildman–Crippen LogP) is 3.80. The van der Waals surface area contributed by atoms with Gasteiger partial charge in [0.05, 0.1) is 27.1 Å². The molecule has 1 unspecified atom stereocenters. The first kappa shape index (κ1) is 27.5. The standard InChI is InChI=1S/C23H25N7O4S.C2H6/c1-15-13-24-19(25-14-15)11-12-35(31)29-23-28-27-22(16-7-5-10-20(26-16)34-4)30(23)21-17(32-2)8-6-9-18(21)33-3;1-2/h5-10,13-14H,11-12H2,1-4H3,(H,28,29);1-2H3. The van der Waals surface area contributed by atoms with Gasteiger partial charge in [-0.2, -0.15) is 0 Å². The summed E-state index contributed by atoms with van der Waals surface area (Å²) in [5, 5.41) is 8.60. The van der Waals surface area contributed by atoms with E-state index < -0.39 is 11.0 Å². The van der Waals surface area contributed by atoms with Crippen molar-refractivity contribution in [1.82, 2.24) is 29.7 Å². The lowest BCUT2D eigenvalue weighted by atomic mass is 10.2. The topological polar surface area (TPSA) is 126 Å². The van der Waals surface area contributed by atoms with E-state index in [4.69, 9.17) is 14.2 Å². The van der Waals surface area contributed by atoms with Crippen molar-refractivity contribution in [2.45, 2.75) is 27.2 Å². The van der Waals surface area contributed by atoms with Crippen molar-refractivity contribution >= 4 is 16.9 Å². The van der Waals surface area contributed by atoms with Gasteiger partial charge in [0.2, 0.25) is 11.8 Å². The molecule has 1 N–H and O–H groups in total. The third-order valence-electron chi connectivity index (χ3n) is 5.00. The molecule has 0 amide bonds. The van der Waals surface area contributed by atoms with E-state index in [2.05, 4.69) is 29.9 Å². The Bertz CT molecular complexity index is 1310. The van der Waals surface area contributed by atoms with Gasteiger partial charge in [0.1, 0.15) is 39.7 Å². The quantitative estimate of drug-likeness (QED) is 0.329. The van der Waals surface area contributed by atoms with Gasteiger partial charge in [-0.3, -0.25) is 9.29 Å². The normalized spacial score (nSPS) is 11.2. The van der Waals surface area contributed by atoms with E-state index in [0.29, 0.717) is 46.8 Å². The van der Waals surface area contributed by atoms with E-state index >= 15 is 0 Å². The summed E-state index contributed by atoms with van der Waals surface area (Å²) in [6, 6.07) is 10.7. The van der Waals surface area contributed by atoms with Gasteiger partial charge in [-0.05, 0) is 30.7 Å². The number of hydrogen-bond donors (Lipinski definition) is 1. The van der Waals surface area contributed by atoms with Crippen LogP contribution in [0.5, 0.6) is 17.4 Å². The van der Waals surface area contributed by atoms with E-state index in [1.165, 1.54) is 7.11 Å². The molecule has 1 aromatic carbocycles. The maximum absolute atomic E-state index is 13.0. The molecule has 0 radical (unpaired) electrons. The van der Waals surface area contributed by atoms with Crippen LogP contribution < -0.4 is 18.9 Å². The van der Waals surface area contributed by atoms with E-state index in [-0.39, 0.29) is 11.7 Å². The molecule has 1 atom stereocenters. The molecule has 0 aliphatic heterocycles. The van der Waals surface area contributed by atoms with Gasteiger partial charge in [-0.1, -0.05) is 26.0 Å². The van der Waals surface area contributed by atoms with Crippen LogP contribution >= 0.6 is 0 Å². The summed E-state index contributed by atoms with van der Waals surface area (Å²) >= 11 is 0. The number of nitrogens with zero attached hydrogens (tertiary/aromatic N) is 6. The van der Waals surface area contributed by atoms with E-state index in [1.54, 1.807) is 61.5 Å². The molecule has 4 aromatic rings. The van der Waals surface area contributed by atoms with Gasteiger partial charge in [-0.25, -0.2) is 19.2 Å². The first-order chi connectivity index (χ1) is 18.0. The van der Waals surface area contributed by atoms with Crippen molar-refractivity contribution < 1.29 is 18.4 Å². The molecule has 11 nitrogen and oxygen atoms in total. The molecule has 3 aromatic heterocycles. The summed E-state index contributed by atoms with van der Waals surface area (Å²) in [4.78, 5) is 13.0. The van der Waals surface area contributed by atoms with Crippen LogP contribution in [-0.4, -0.2) is 61.0 Å². The maximum atomic E-state index is 13.0. The first-order valence-corrected chi connectivity index (χ1v) is 13.0. The van der Waals surface area contributed by atoms with Gasteiger partial charge in [0.15, 0.2) is 5.82 Å². The zero-order valence-corrected chi connectivity index (χ0v) is 22.6. The molecule has 0 spiro atoms. The molecular formula is C25H31N7O4S. The third-order valence-corrected chi connectivity index (χ3v) is 5.99. The molecule has 4 rings (SSSR count). The monoisotopic (exact) mass is 525 g/mol. The second-order valence-electron chi connectivity index (χ2n) is 7.34. The third kappa shape index (κ3) is 6.58. The highest BCUT2D eigenvalue weighted by molar-refractivity contribution is 7.86. The largest absolute Gasteiger partial charge is 0.494 e. The highest BCUT2D eigenvalue weighted by Gasteiger charge is 2.24. The Morgan fingerprint density at radius 3 is 2.19 bits per heavy atom. The van der Waals surface area contributed by atoms with Crippen molar-refractivity contribution in [2.24, 2.45) is 0 Å². The van der Waals surface area contributed by atoms with Crippen LogP contribution in [0, 0.1) is 6.92 Å². The van der Waals surface area contributed by atoms with E-state index in [1.807, 2.05) is 26.8 Å². The summed E-state index contributed by atoms with van der Waals surface area (Å²) in [6.45, 7) is 5.91. The Hall–Kier alpha value is -4.06. The molecular weight excluding hydrogens is 494 g/mol. The molecule has 0 aliphatic carbocycles. The molecule has 196 valence electrons. The molecule has 0 saturated heterocycles. The van der Waals surface area contributed by atoms with Crippen LogP contribution in [-0.2, 0) is 17.4 Å². The molecule has 0 saturated carbocycles. The average molecular weight is 526 g/mol. The lowest BCUT2D eigenvalue weighted by Crippen LogP contribution is -2.16. The van der Waals surface area contributed by atoms with Crippen LogP contribution in [0.2, 0.25) is 0 Å². The maximum Gasteiger partial charge on any atom is 0.241 e. The van der Waals surface area contributed by atoms with Gasteiger partial charge < -0.3 is 14.2 Å². The van der Waals surface area contributed by atoms with Crippen LogP contribution in [0.3, 0.4) is 0 Å². The number of rotatable bonds is 10. The smallest absolute Gasteiger partial charge is 0.241 e. The van der Waals surface area contributed by atoms with E-state index in [0.717, 1.165) is 5.56 Å². The number of para-hydroxylation sites is 1. The Labute approximate surface area is 218 Å². The molecule has 0 aliphatic rings. The number of nitrogens with one attached hydrogen (secondary N) is 1. The number of aromatic nitrogens is 6. The Morgan fingerprint density at radius 1 is 0.919 bits per heavy atom. The van der Waals surface area contributed by atoms with Crippen molar-refractivity contribution in [3.05, 3.63) is 60.2 Å². The number of ether oxygens (including phenoxy) is 3. The zero-order chi connectivity index (χ0) is 26.8. The molecule has 3 heterocycles. The van der Waals surface area contributed by atoms with Gasteiger partial charge in [-0.15, -0.1) is 10.2 Å². The number of benzene rings is 1. The fraction of sp³-hybridized carbons (Fsp3) is 0.320.